The van der Waals surface area contributed by atoms with Gasteiger partial charge in [-0.2, -0.15) is 0 Å². The minimum Gasteiger partial charge on any atom is -0.378 e. The highest BCUT2D eigenvalue weighted by Crippen LogP contribution is 2.26. The van der Waals surface area contributed by atoms with Gasteiger partial charge in [0.25, 0.3) is 0 Å². The van der Waals surface area contributed by atoms with Gasteiger partial charge in [0.05, 0.1) is 11.8 Å². The quantitative estimate of drug-likeness (QED) is 0.577. The first kappa shape index (κ1) is 20.2. The van der Waals surface area contributed by atoms with Crippen molar-refractivity contribution in [3.05, 3.63) is 17.5 Å². The van der Waals surface area contributed by atoms with Crippen LogP contribution in [0.5, 0.6) is 0 Å². The standard InChI is InChI=1S/C21H36N4O2/c1-4-22-21(23-14-19-13-20(16(2)3)24-27-19)25-11-9-18(10-12-25)26-15-17-7-5-6-8-17/h13,16-18H,4-12,14-15H2,1-3H3,(H,22,23). The number of nitrogens with zero attached hydrogens (tertiary/aromatic N) is 3. The second kappa shape index (κ2) is 10.1. The molecular formula is C21H36N4O2. The first-order chi connectivity index (χ1) is 13.2. The van der Waals surface area contributed by atoms with Crippen LogP contribution in [-0.4, -0.2) is 48.4 Å². The van der Waals surface area contributed by atoms with E-state index < -0.39 is 0 Å². The van der Waals surface area contributed by atoms with E-state index in [0.717, 1.165) is 62.4 Å². The summed E-state index contributed by atoms with van der Waals surface area (Å²) in [6.07, 6.45) is 8.06. The van der Waals surface area contributed by atoms with Crippen LogP contribution in [0.1, 0.15) is 76.7 Å². The van der Waals surface area contributed by atoms with Gasteiger partial charge in [-0.05, 0) is 44.4 Å². The molecule has 0 radical (unpaired) electrons. The molecule has 27 heavy (non-hydrogen) atoms. The van der Waals surface area contributed by atoms with Crippen LogP contribution in [0.4, 0.5) is 0 Å². The van der Waals surface area contributed by atoms with Crippen LogP contribution in [0, 0.1) is 5.92 Å². The van der Waals surface area contributed by atoms with Crippen LogP contribution in [0.15, 0.2) is 15.6 Å². The molecule has 1 aliphatic heterocycles. The zero-order valence-electron chi connectivity index (χ0n) is 17.2. The van der Waals surface area contributed by atoms with Crippen molar-refractivity contribution in [2.24, 2.45) is 10.9 Å². The van der Waals surface area contributed by atoms with Gasteiger partial charge in [-0.1, -0.05) is 31.8 Å². The molecule has 6 heteroatoms. The number of piperidine rings is 1. The van der Waals surface area contributed by atoms with Crippen molar-refractivity contribution in [3.8, 4) is 0 Å². The number of nitrogens with one attached hydrogen (secondary N) is 1. The van der Waals surface area contributed by atoms with E-state index in [9.17, 15) is 0 Å². The van der Waals surface area contributed by atoms with E-state index in [1.807, 2.05) is 6.07 Å². The second-order valence-electron chi connectivity index (χ2n) is 8.21. The Morgan fingerprint density at radius 3 is 2.67 bits per heavy atom. The van der Waals surface area contributed by atoms with Gasteiger partial charge in [0.15, 0.2) is 11.7 Å². The molecule has 1 saturated heterocycles. The topological polar surface area (TPSA) is 62.9 Å². The highest BCUT2D eigenvalue weighted by Gasteiger charge is 2.24. The summed E-state index contributed by atoms with van der Waals surface area (Å²) in [7, 11) is 0. The molecular weight excluding hydrogens is 340 g/mol. The van der Waals surface area contributed by atoms with Crippen molar-refractivity contribution in [1.29, 1.82) is 0 Å². The van der Waals surface area contributed by atoms with Crippen molar-refractivity contribution in [1.82, 2.24) is 15.4 Å². The van der Waals surface area contributed by atoms with E-state index in [0.29, 0.717) is 18.6 Å². The molecule has 1 aromatic rings. The Kier molecular flexibility index (Phi) is 7.56. The number of ether oxygens (including phenoxy) is 1. The Morgan fingerprint density at radius 2 is 2.04 bits per heavy atom. The molecule has 1 aromatic heterocycles. The van der Waals surface area contributed by atoms with E-state index in [1.165, 1.54) is 25.7 Å². The van der Waals surface area contributed by atoms with Gasteiger partial charge in [0, 0.05) is 32.3 Å². The number of rotatable bonds is 7. The van der Waals surface area contributed by atoms with Gasteiger partial charge in [-0.15, -0.1) is 0 Å². The number of hydrogen-bond donors (Lipinski definition) is 1. The molecule has 6 nitrogen and oxygen atoms in total. The maximum Gasteiger partial charge on any atom is 0.194 e. The molecule has 0 unspecified atom stereocenters. The Bertz CT molecular complexity index is 585. The predicted molar refractivity (Wildman–Crippen MR) is 108 cm³/mol. The lowest BCUT2D eigenvalue weighted by Gasteiger charge is -2.34. The summed E-state index contributed by atoms with van der Waals surface area (Å²) >= 11 is 0. The molecule has 2 aliphatic rings. The van der Waals surface area contributed by atoms with Gasteiger partial charge in [0.2, 0.25) is 0 Å². The van der Waals surface area contributed by atoms with Crippen molar-refractivity contribution >= 4 is 5.96 Å². The molecule has 0 aromatic carbocycles. The van der Waals surface area contributed by atoms with E-state index >= 15 is 0 Å². The zero-order chi connectivity index (χ0) is 19.1. The fourth-order valence-corrected chi connectivity index (χ4v) is 3.94. The Hall–Kier alpha value is -1.56. The van der Waals surface area contributed by atoms with E-state index in [-0.39, 0.29) is 0 Å². The molecule has 1 aliphatic carbocycles. The number of hydrogen-bond acceptors (Lipinski definition) is 4. The summed E-state index contributed by atoms with van der Waals surface area (Å²) in [6.45, 7) is 10.7. The maximum absolute atomic E-state index is 6.20. The lowest BCUT2D eigenvalue weighted by atomic mass is 10.1. The fourth-order valence-electron chi connectivity index (χ4n) is 3.94. The third-order valence-corrected chi connectivity index (χ3v) is 5.67. The van der Waals surface area contributed by atoms with Crippen LogP contribution in [0.25, 0.3) is 0 Å². The monoisotopic (exact) mass is 376 g/mol. The molecule has 2 heterocycles. The van der Waals surface area contributed by atoms with Crippen LogP contribution in [0.3, 0.4) is 0 Å². The summed E-state index contributed by atoms with van der Waals surface area (Å²) in [5, 5.41) is 7.54. The van der Waals surface area contributed by atoms with Crippen LogP contribution >= 0.6 is 0 Å². The van der Waals surface area contributed by atoms with Crippen molar-refractivity contribution < 1.29 is 9.26 Å². The SMILES string of the molecule is CCNC(=NCc1cc(C(C)C)no1)N1CCC(OCC2CCCC2)CC1. The molecule has 1 saturated carbocycles. The highest BCUT2D eigenvalue weighted by atomic mass is 16.5. The Balaban J connectivity index is 1.47. The lowest BCUT2D eigenvalue weighted by molar-refractivity contribution is 0.00100. The van der Waals surface area contributed by atoms with Gasteiger partial charge in [-0.25, -0.2) is 4.99 Å². The first-order valence-electron chi connectivity index (χ1n) is 10.8. The molecule has 3 rings (SSSR count). The molecule has 0 amide bonds. The second-order valence-corrected chi connectivity index (χ2v) is 8.21. The number of aliphatic imine (C=N–C) groups is 1. The van der Waals surface area contributed by atoms with Crippen molar-refractivity contribution in [2.75, 3.05) is 26.2 Å². The van der Waals surface area contributed by atoms with Gasteiger partial charge >= 0.3 is 0 Å². The third kappa shape index (κ3) is 5.96. The molecule has 152 valence electrons. The summed E-state index contributed by atoms with van der Waals surface area (Å²) in [5.74, 6) is 2.97. The van der Waals surface area contributed by atoms with Crippen LogP contribution < -0.4 is 5.32 Å². The summed E-state index contributed by atoms with van der Waals surface area (Å²) in [4.78, 5) is 7.12. The average molecular weight is 377 g/mol. The number of guanidine groups is 1. The Labute approximate surface area is 163 Å². The normalized spacial score (nSPS) is 20.0. The Morgan fingerprint density at radius 1 is 1.30 bits per heavy atom. The van der Waals surface area contributed by atoms with Crippen LogP contribution in [0.2, 0.25) is 0 Å². The van der Waals surface area contributed by atoms with Crippen molar-refractivity contribution in [2.45, 2.75) is 77.9 Å². The third-order valence-electron chi connectivity index (χ3n) is 5.67. The highest BCUT2D eigenvalue weighted by molar-refractivity contribution is 5.80. The smallest absolute Gasteiger partial charge is 0.194 e. The number of likely N-dealkylation sites (tertiary alicyclic amines) is 1. The van der Waals surface area contributed by atoms with Crippen LogP contribution in [-0.2, 0) is 11.3 Å². The molecule has 0 bridgehead atoms. The number of aromatic nitrogens is 1. The summed E-state index contributed by atoms with van der Waals surface area (Å²) < 4.78 is 11.6. The largest absolute Gasteiger partial charge is 0.378 e. The average Bonchev–Trinajstić information content (AvgIpc) is 3.36. The van der Waals surface area contributed by atoms with Gasteiger partial charge < -0.3 is 19.5 Å². The summed E-state index contributed by atoms with van der Waals surface area (Å²) in [6, 6.07) is 2.01. The molecule has 0 spiro atoms. The van der Waals surface area contributed by atoms with E-state index in [4.69, 9.17) is 14.3 Å². The molecule has 1 N–H and O–H groups in total. The van der Waals surface area contributed by atoms with E-state index in [2.05, 4.69) is 36.1 Å². The zero-order valence-corrected chi connectivity index (χ0v) is 17.2. The van der Waals surface area contributed by atoms with Gasteiger partial charge in [0.1, 0.15) is 6.54 Å². The maximum atomic E-state index is 6.20. The lowest BCUT2D eigenvalue weighted by Crippen LogP contribution is -2.47. The van der Waals surface area contributed by atoms with E-state index in [1.54, 1.807) is 0 Å². The van der Waals surface area contributed by atoms with Crippen molar-refractivity contribution in [3.63, 3.8) is 0 Å². The summed E-state index contributed by atoms with van der Waals surface area (Å²) in [5.41, 5.74) is 0.991. The minimum atomic E-state index is 0.378. The van der Waals surface area contributed by atoms with Gasteiger partial charge in [-0.3, -0.25) is 0 Å². The minimum absolute atomic E-state index is 0.378. The first-order valence-corrected chi connectivity index (χ1v) is 10.8. The molecule has 0 atom stereocenters. The predicted octanol–water partition coefficient (Wildman–Crippen LogP) is 3.93. The fraction of sp³-hybridized carbons (Fsp3) is 0.810. The molecule has 2 fully saturated rings.